The fraction of sp³-hybridized carbons (Fsp3) is 0.533. The summed E-state index contributed by atoms with van der Waals surface area (Å²) in [7, 11) is 1.86. The SMILES string of the molecule is CCCOC(=O)c1cnc2c(c1)c(C(C)(C)C)nn2C. The molecule has 2 aromatic rings. The normalized spacial score (nSPS) is 11.8. The number of hydrogen-bond acceptors (Lipinski definition) is 4. The molecule has 2 rings (SSSR count). The Labute approximate surface area is 118 Å². The molecule has 0 aliphatic carbocycles. The second kappa shape index (κ2) is 5.23. The molecule has 0 saturated carbocycles. The smallest absolute Gasteiger partial charge is 0.339 e. The highest BCUT2D eigenvalue weighted by Gasteiger charge is 2.23. The number of pyridine rings is 1. The van der Waals surface area contributed by atoms with Crippen molar-refractivity contribution in [2.75, 3.05) is 6.61 Å². The summed E-state index contributed by atoms with van der Waals surface area (Å²) < 4.78 is 6.90. The molecule has 0 aromatic carbocycles. The Morgan fingerprint density at radius 3 is 2.70 bits per heavy atom. The molecule has 20 heavy (non-hydrogen) atoms. The Bertz CT molecular complexity index is 638. The van der Waals surface area contributed by atoms with Crippen LogP contribution in [-0.4, -0.2) is 27.3 Å². The van der Waals surface area contributed by atoms with E-state index in [1.165, 1.54) is 0 Å². The van der Waals surface area contributed by atoms with Crippen LogP contribution >= 0.6 is 0 Å². The van der Waals surface area contributed by atoms with Gasteiger partial charge in [-0.2, -0.15) is 5.10 Å². The molecule has 0 spiro atoms. The van der Waals surface area contributed by atoms with Gasteiger partial charge in [0.2, 0.25) is 0 Å². The van der Waals surface area contributed by atoms with Gasteiger partial charge in [-0.1, -0.05) is 27.7 Å². The van der Waals surface area contributed by atoms with Gasteiger partial charge in [0.05, 0.1) is 17.9 Å². The zero-order valence-electron chi connectivity index (χ0n) is 12.7. The van der Waals surface area contributed by atoms with E-state index >= 15 is 0 Å². The van der Waals surface area contributed by atoms with Crippen LogP contribution in [0.1, 0.15) is 50.2 Å². The second-order valence-electron chi connectivity index (χ2n) is 5.95. The molecule has 2 aromatic heterocycles. The van der Waals surface area contributed by atoms with E-state index in [0.717, 1.165) is 23.1 Å². The maximum absolute atomic E-state index is 11.9. The number of carbonyl (C=O) groups excluding carboxylic acids is 1. The minimum absolute atomic E-state index is 0.104. The lowest BCUT2D eigenvalue weighted by atomic mass is 9.90. The monoisotopic (exact) mass is 275 g/mol. The standard InChI is InChI=1S/C15H21N3O2/c1-6-7-20-14(19)10-8-11-12(15(2,3)4)17-18(5)13(11)16-9-10/h8-9H,6-7H2,1-5H3. The molecule has 0 atom stereocenters. The summed E-state index contributed by atoms with van der Waals surface area (Å²) in [4.78, 5) is 16.3. The van der Waals surface area contributed by atoms with Crippen molar-refractivity contribution in [3.63, 3.8) is 0 Å². The predicted octanol–water partition coefficient (Wildman–Crippen LogP) is 2.83. The first-order chi connectivity index (χ1) is 9.34. The van der Waals surface area contributed by atoms with Gasteiger partial charge in [-0.3, -0.25) is 4.68 Å². The first kappa shape index (κ1) is 14.5. The van der Waals surface area contributed by atoms with E-state index in [0.29, 0.717) is 12.2 Å². The number of ether oxygens (including phenoxy) is 1. The van der Waals surface area contributed by atoms with Crippen LogP contribution in [0.4, 0.5) is 0 Å². The summed E-state index contributed by atoms with van der Waals surface area (Å²) in [6.07, 6.45) is 2.36. The summed E-state index contributed by atoms with van der Waals surface area (Å²) in [5.74, 6) is -0.329. The minimum Gasteiger partial charge on any atom is -0.462 e. The summed E-state index contributed by atoms with van der Waals surface area (Å²) in [6, 6.07) is 1.83. The van der Waals surface area contributed by atoms with Crippen LogP contribution in [-0.2, 0) is 17.2 Å². The van der Waals surface area contributed by atoms with E-state index in [-0.39, 0.29) is 11.4 Å². The highest BCUT2D eigenvalue weighted by molar-refractivity contribution is 5.93. The van der Waals surface area contributed by atoms with Crippen molar-refractivity contribution in [2.24, 2.45) is 7.05 Å². The maximum atomic E-state index is 11.9. The third-order valence-electron chi connectivity index (χ3n) is 3.06. The fourth-order valence-electron chi connectivity index (χ4n) is 2.08. The molecule has 5 heteroatoms. The van der Waals surface area contributed by atoms with Crippen molar-refractivity contribution in [1.29, 1.82) is 0 Å². The number of aromatic nitrogens is 3. The van der Waals surface area contributed by atoms with E-state index in [4.69, 9.17) is 4.74 Å². The summed E-state index contributed by atoms with van der Waals surface area (Å²) in [5.41, 5.74) is 2.09. The van der Waals surface area contributed by atoms with Crippen LogP contribution in [0.3, 0.4) is 0 Å². The van der Waals surface area contributed by atoms with Crippen molar-refractivity contribution in [1.82, 2.24) is 14.8 Å². The van der Waals surface area contributed by atoms with Gasteiger partial charge in [-0.15, -0.1) is 0 Å². The second-order valence-corrected chi connectivity index (χ2v) is 5.95. The molecule has 0 bridgehead atoms. The van der Waals surface area contributed by atoms with Gasteiger partial charge in [0.15, 0.2) is 5.65 Å². The Hall–Kier alpha value is -1.91. The van der Waals surface area contributed by atoms with Crippen LogP contribution < -0.4 is 0 Å². The first-order valence-corrected chi connectivity index (χ1v) is 6.85. The third kappa shape index (κ3) is 2.66. The Balaban J connectivity index is 2.50. The number of carbonyl (C=O) groups is 1. The zero-order chi connectivity index (χ0) is 14.9. The maximum Gasteiger partial charge on any atom is 0.339 e. The number of hydrogen-bond donors (Lipinski definition) is 0. The summed E-state index contributed by atoms with van der Waals surface area (Å²) in [6.45, 7) is 8.67. The topological polar surface area (TPSA) is 57.0 Å². The molecule has 2 heterocycles. The number of esters is 1. The van der Waals surface area contributed by atoms with E-state index in [9.17, 15) is 4.79 Å². The number of fused-ring (bicyclic) bond motifs is 1. The lowest BCUT2D eigenvalue weighted by Gasteiger charge is -2.15. The Morgan fingerprint density at radius 1 is 1.40 bits per heavy atom. The van der Waals surface area contributed by atoms with Crippen molar-refractivity contribution in [3.05, 3.63) is 23.5 Å². The van der Waals surface area contributed by atoms with Crippen molar-refractivity contribution < 1.29 is 9.53 Å². The number of nitrogens with zero attached hydrogens (tertiary/aromatic N) is 3. The molecule has 0 aliphatic rings. The molecule has 0 radical (unpaired) electrons. The Morgan fingerprint density at radius 2 is 2.10 bits per heavy atom. The molecular weight excluding hydrogens is 254 g/mol. The molecule has 108 valence electrons. The van der Waals surface area contributed by atoms with Gasteiger partial charge >= 0.3 is 5.97 Å². The molecule has 0 unspecified atom stereocenters. The highest BCUT2D eigenvalue weighted by Crippen LogP contribution is 2.28. The summed E-state index contributed by atoms with van der Waals surface area (Å²) in [5, 5.41) is 5.43. The number of aryl methyl sites for hydroxylation is 1. The van der Waals surface area contributed by atoms with Crippen LogP contribution in [0.15, 0.2) is 12.3 Å². The predicted molar refractivity (Wildman–Crippen MR) is 77.8 cm³/mol. The van der Waals surface area contributed by atoms with Crippen LogP contribution in [0.5, 0.6) is 0 Å². The average Bonchev–Trinajstić information content (AvgIpc) is 2.73. The molecule has 0 aliphatic heterocycles. The van der Waals surface area contributed by atoms with Gasteiger partial charge < -0.3 is 4.74 Å². The van der Waals surface area contributed by atoms with Gasteiger partial charge in [0, 0.05) is 24.0 Å². The van der Waals surface area contributed by atoms with Crippen LogP contribution in [0, 0.1) is 0 Å². The summed E-state index contributed by atoms with van der Waals surface area (Å²) >= 11 is 0. The first-order valence-electron chi connectivity index (χ1n) is 6.85. The quantitative estimate of drug-likeness (QED) is 0.808. The Kier molecular flexibility index (Phi) is 3.79. The van der Waals surface area contributed by atoms with E-state index in [1.54, 1.807) is 10.9 Å². The molecular formula is C15H21N3O2. The zero-order valence-corrected chi connectivity index (χ0v) is 12.7. The lowest BCUT2D eigenvalue weighted by molar-refractivity contribution is 0.0505. The third-order valence-corrected chi connectivity index (χ3v) is 3.06. The highest BCUT2D eigenvalue weighted by atomic mass is 16.5. The van der Waals surface area contributed by atoms with E-state index in [1.807, 2.05) is 20.0 Å². The van der Waals surface area contributed by atoms with Crippen molar-refractivity contribution >= 4 is 17.0 Å². The van der Waals surface area contributed by atoms with Crippen molar-refractivity contribution in [2.45, 2.75) is 39.5 Å². The number of rotatable bonds is 3. The van der Waals surface area contributed by atoms with Crippen molar-refractivity contribution in [3.8, 4) is 0 Å². The van der Waals surface area contributed by atoms with E-state index < -0.39 is 0 Å². The minimum atomic E-state index is -0.329. The van der Waals surface area contributed by atoms with E-state index in [2.05, 4.69) is 30.9 Å². The fourth-order valence-corrected chi connectivity index (χ4v) is 2.08. The molecule has 0 amide bonds. The molecule has 0 fully saturated rings. The van der Waals surface area contributed by atoms with Crippen LogP contribution in [0.2, 0.25) is 0 Å². The average molecular weight is 275 g/mol. The molecule has 0 N–H and O–H groups in total. The lowest BCUT2D eigenvalue weighted by Crippen LogP contribution is -2.13. The van der Waals surface area contributed by atoms with Gasteiger partial charge in [0.25, 0.3) is 0 Å². The van der Waals surface area contributed by atoms with Gasteiger partial charge in [0.1, 0.15) is 0 Å². The largest absolute Gasteiger partial charge is 0.462 e. The molecule has 0 saturated heterocycles. The van der Waals surface area contributed by atoms with Gasteiger partial charge in [-0.05, 0) is 12.5 Å². The molecule has 5 nitrogen and oxygen atoms in total. The van der Waals surface area contributed by atoms with Crippen LogP contribution in [0.25, 0.3) is 11.0 Å². The van der Waals surface area contributed by atoms with Gasteiger partial charge in [-0.25, -0.2) is 9.78 Å².